The van der Waals surface area contributed by atoms with E-state index in [0.717, 1.165) is 55.5 Å². The minimum absolute atomic E-state index is 0.101. The van der Waals surface area contributed by atoms with Gasteiger partial charge in [0.15, 0.2) is 5.76 Å². The van der Waals surface area contributed by atoms with Gasteiger partial charge >= 0.3 is 0 Å². The van der Waals surface area contributed by atoms with Gasteiger partial charge in [-0.25, -0.2) is 0 Å². The molecule has 1 unspecified atom stereocenters. The molecule has 1 aromatic carbocycles. The molecule has 1 amide bonds. The highest BCUT2D eigenvalue weighted by Crippen LogP contribution is 2.41. The van der Waals surface area contributed by atoms with Crippen LogP contribution in [0.4, 0.5) is 0 Å². The van der Waals surface area contributed by atoms with Crippen molar-refractivity contribution < 1.29 is 14.1 Å². The zero-order chi connectivity index (χ0) is 20.2. The number of aromatic nitrogens is 1. The predicted octanol–water partition coefficient (Wildman–Crippen LogP) is 2.38. The number of piperazine rings is 1. The molecule has 0 radical (unpaired) electrons. The third-order valence-electron chi connectivity index (χ3n) is 5.77. The Balaban J connectivity index is 1.25. The Morgan fingerprint density at radius 2 is 1.90 bits per heavy atom. The molecule has 0 spiro atoms. The fourth-order valence-electron chi connectivity index (χ4n) is 3.95. The lowest BCUT2D eigenvalue weighted by Crippen LogP contribution is -2.49. The Hall–Kier alpha value is -2.38. The van der Waals surface area contributed by atoms with Crippen LogP contribution in [-0.2, 0) is 11.3 Å². The molecule has 1 N–H and O–H groups in total. The predicted molar refractivity (Wildman–Crippen MR) is 110 cm³/mol. The molecule has 1 saturated carbocycles. The molecule has 2 fully saturated rings. The van der Waals surface area contributed by atoms with Crippen LogP contribution in [-0.4, -0.2) is 60.7 Å². The Morgan fingerprint density at radius 3 is 2.48 bits per heavy atom. The van der Waals surface area contributed by atoms with Gasteiger partial charge in [0.1, 0.15) is 5.75 Å². The third-order valence-corrected chi connectivity index (χ3v) is 5.77. The van der Waals surface area contributed by atoms with Gasteiger partial charge in [-0.15, -0.1) is 0 Å². The van der Waals surface area contributed by atoms with E-state index in [-0.39, 0.29) is 11.9 Å². The van der Waals surface area contributed by atoms with Gasteiger partial charge in [-0.2, -0.15) is 0 Å². The van der Waals surface area contributed by atoms with E-state index in [1.165, 1.54) is 12.8 Å². The van der Waals surface area contributed by atoms with Gasteiger partial charge in [0.2, 0.25) is 5.91 Å². The summed E-state index contributed by atoms with van der Waals surface area (Å²) in [6, 6.07) is 10.1. The Labute approximate surface area is 172 Å². The van der Waals surface area contributed by atoms with E-state index in [9.17, 15) is 4.79 Å². The zero-order valence-corrected chi connectivity index (χ0v) is 17.3. The van der Waals surface area contributed by atoms with Crippen molar-refractivity contribution in [2.45, 2.75) is 32.4 Å². The minimum Gasteiger partial charge on any atom is -0.497 e. The number of hydrogen-bond donors (Lipinski definition) is 1. The fourth-order valence-corrected chi connectivity index (χ4v) is 3.95. The maximum atomic E-state index is 12.7. The first-order valence-corrected chi connectivity index (χ1v) is 10.4. The third kappa shape index (κ3) is 5.36. The molecule has 7 nitrogen and oxygen atoms in total. The number of benzene rings is 1. The molecule has 1 atom stereocenters. The van der Waals surface area contributed by atoms with Crippen molar-refractivity contribution in [1.82, 2.24) is 20.3 Å². The van der Waals surface area contributed by atoms with E-state index in [0.29, 0.717) is 12.5 Å². The number of nitrogens with one attached hydrogen (secondary N) is 1. The lowest BCUT2D eigenvalue weighted by atomic mass is 10.0. The molecule has 1 aliphatic carbocycles. The van der Waals surface area contributed by atoms with Crippen LogP contribution < -0.4 is 10.1 Å². The van der Waals surface area contributed by atoms with Gasteiger partial charge in [-0.3, -0.25) is 14.6 Å². The van der Waals surface area contributed by atoms with Crippen molar-refractivity contribution in [3.05, 3.63) is 47.3 Å². The van der Waals surface area contributed by atoms with E-state index in [2.05, 4.69) is 32.4 Å². The maximum Gasteiger partial charge on any atom is 0.234 e. The van der Waals surface area contributed by atoms with Crippen LogP contribution in [0.3, 0.4) is 0 Å². The van der Waals surface area contributed by atoms with Gasteiger partial charge in [0.25, 0.3) is 0 Å². The molecule has 4 rings (SSSR count). The number of amides is 1. The van der Waals surface area contributed by atoms with Crippen LogP contribution in [0, 0.1) is 12.8 Å². The van der Waals surface area contributed by atoms with Gasteiger partial charge in [0, 0.05) is 32.2 Å². The first kappa shape index (κ1) is 19.9. The van der Waals surface area contributed by atoms with Gasteiger partial charge in [-0.1, -0.05) is 17.3 Å². The first-order valence-electron chi connectivity index (χ1n) is 10.4. The molecule has 2 aromatic rings. The molecule has 156 valence electrons. The van der Waals surface area contributed by atoms with Gasteiger partial charge in [-0.05, 0) is 43.4 Å². The SMILES string of the molecule is COc1ccc(C(NC(=O)CN2CCN(Cc3cc(C)no3)CC2)C2CC2)cc1. The smallest absolute Gasteiger partial charge is 0.234 e. The van der Waals surface area contributed by atoms with Crippen molar-refractivity contribution >= 4 is 5.91 Å². The molecule has 1 aliphatic heterocycles. The monoisotopic (exact) mass is 398 g/mol. The minimum atomic E-state index is 0.101. The van der Waals surface area contributed by atoms with Crippen molar-refractivity contribution in [1.29, 1.82) is 0 Å². The van der Waals surface area contributed by atoms with Crippen LogP contribution in [0.5, 0.6) is 5.75 Å². The molecule has 0 bridgehead atoms. The average Bonchev–Trinajstić information content (AvgIpc) is 3.49. The highest BCUT2D eigenvalue weighted by Gasteiger charge is 2.33. The molecule has 2 heterocycles. The molecule has 1 saturated heterocycles. The number of carbonyl (C=O) groups excluding carboxylic acids is 1. The summed E-state index contributed by atoms with van der Waals surface area (Å²) in [5.74, 6) is 2.40. The molecular weight excluding hydrogens is 368 g/mol. The van der Waals surface area contributed by atoms with Crippen molar-refractivity contribution in [2.24, 2.45) is 5.92 Å². The second-order valence-corrected chi connectivity index (χ2v) is 8.14. The van der Waals surface area contributed by atoms with Crippen LogP contribution >= 0.6 is 0 Å². The summed E-state index contributed by atoms with van der Waals surface area (Å²) in [6.07, 6.45) is 2.35. The average molecular weight is 399 g/mol. The second-order valence-electron chi connectivity index (χ2n) is 8.14. The summed E-state index contributed by atoms with van der Waals surface area (Å²) in [7, 11) is 1.67. The van der Waals surface area contributed by atoms with Crippen molar-refractivity contribution in [3.8, 4) is 5.75 Å². The van der Waals surface area contributed by atoms with Crippen LogP contribution in [0.15, 0.2) is 34.9 Å². The topological polar surface area (TPSA) is 70.8 Å². The highest BCUT2D eigenvalue weighted by atomic mass is 16.5. The molecule has 7 heteroatoms. The number of rotatable bonds is 8. The number of ether oxygens (including phenoxy) is 1. The van der Waals surface area contributed by atoms with E-state index < -0.39 is 0 Å². The summed E-state index contributed by atoms with van der Waals surface area (Å²) < 4.78 is 10.6. The molecular formula is C22H30N4O3. The Morgan fingerprint density at radius 1 is 1.21 bits per heavy atom. The summed E-state index contributed by atoms with van der Waals surface area (Å²) >= 11 is 0. The van der Waals surface area contributed by atoms with Gasteiger partial charge < -0.3 is 14.6 Å². The van der Waals surface area contributed by atoms with E-state index in [4.69, 9.17) is 9.26 Å². The summed E-state index contributed by atoms with van der Waals surface area (Å²) in [6.45, 7) is 6.80. The standard InChI is InChI=1S/C22H30N4O3/c1-16-13-20(29-24-16)14-25-9-11-26(12-10-25)15-21(27)23-22(17-3-4-17)18-5-7-19(28-2)8-6-18/h5-8,13,17,22H,3-4,9-12,14-15H2,1-2H3,(H,23,27). The van der Waals surface area contributed by atoms with Crippen molar-refractivity contribution in [3.63, 3.8) is 0 Å². The highest BCUT2D eigenvalue weighted by molar-refractivity contribution is 5.78. The Kier molecular flexibility index (Phi) is 6.16. The molecule has 1 aromatic heterocycles. The van der Waals surface area contributed by atoms with Gasteiger partial charge in [0.05, 0.1) is 31.9 Å². The van der Waals surface area contributed by atoms with Crippen LogP contribution in [0.25, 0.3) is 0 Å². The molecule has 2 aliphatic rings. The number of carbonyl (C=O) groups is 1. The quantitative estimate of drug-likeness (QED) is 0.736. The lowest BCUT2D eigenvalue weighted by molar-refractivity contribution is -0.123. The summed E-state index contributed by atoms with van der Waals surface area (Å²) in [4.78, 5) is 17.3. The second kappa shape index (κ2) is 8.97. The summed E-state index contributed by atoms with van der Waals surface area (Å²) in [5.41, 5.74) is 2.08. The van der Waals surface area contributed by atoms with E-state index in [1.807, 2.05) is 25.1 Å². The van der Waals surface area contributed by atoms with Crippen LogP contribution in [0.2, 0.25) is 0 Å². The number of nitrogens with zero attached hydrogens (tertiary/aromatic N) is 3. The van der Waals surface area contributed by atoms with E-state index >= 15 is 0 Å². The number of aryl methyl sites for hydroxylation is 1. The van der Waals surface area contributed by atoms with E-state index in [1.54, 1.807) is 7.11 Å². The Bertz CT molecular complexity index is 808. The zero-order valence-electron chi connectivity index (χ0n) is 17.3. The van der Waals surface area contributed by atoms with Crippen LogP contribution in [0.1, 0.15) is 35.9 Å². The largest absolute Gasteiger partial charge is 0.497 e. The van der Waals surface area contributed by atoms with Crippen molar-refractivity contribution in [2.75, 3.05) is 39.8 Å². The lowest BCUT2D eigenvalue weighted by Gasteiger charge is -2.34. The summed E-state index contributed by atoms with van der Waals surface area (Å²) in [5, 5.41) is 7.22. The number of hydrogen-bond acceptors (Lipinski definition) is 6. The molecule has 29 heavy (non-hydrogen) atoms. The normalized spacial score (nSPS) is 19.1. The maximum absolute atomic E-state index is 12.7. The first-order chi connectivity index (χ1) is 14.1. The number of methoxy groups -OCH3 is 1. The fraction of sp³-hybridized carbons (Fsp3) is 0.545.